The fourth-order valence-electron chi connectivity index (χ4n) is 7.53. The van der Waals surface area contributed by atoms with Crippen LogP contribution in [-0.2, 0) is 28.6 Å². The van der Waals surface area contributed by atoms with Crippen LogP contribution < -0.4 is 0 Å². The van der Waals surface area contributed by atoms with Gasteiger partial charge in [0.2, 0.25) is 0 Å². The number of allylic oxidation sites excluding steroid dienone is 4. The molecule has 0 aromatic rings. The Morgan fingerprint density at radius 2 is 0.610 bits per heavy atom. The summed E-state index contributed by atoms with van der Waals surface area (Å²) in [5.41, 5.74) is 0. The largest absolute Gasteiger partial charge is 0.462 e. The number of unbranched alkanes of at least 4 members (excludes halogenated alkanes) is 32. The number of hydrogen-bond donors (Lipinski definition) is 0. The van der Waals surface area contributed by atoms with Crippen molar-refractivity contribution >= 4 is 17.9 Å². The van der Waals surface area contributed by atoms with Gasteiger partial charge in [0.15, 0.2) is 6.10 Å². The Morgan fingerprint density at radius 1 is 0.339 bits per heavy atom. The van der Waals surface area contributed by atoms with Gasteiger partial charge in [-0.05, 0) is 51.4 Å². The Balaban J connectivity index is 3.83. The van der Waals surface area contributed by atoms with Crippen molar-refractivity contribution in [3.8, 4) is 0 Å². The third kappa shape index (κ3) is 46.8. The van der Waals surface area contributed by atoms with Gasteiger partial charge < -0.3 is 14.2 Å². The molecule has 59 heavy (non-hydrogen) atoms. The predicted molar refractivity (Wildman–Crippen MR) is 252 cm³/mol. The van der Waals surface area contributed by atoms with Crippen LogP contribution in [0, 0.1) is 0 Å². The molecule has 0 saturated heterocycles. The highest BCUT2D eigenvalue weighted by atomic mass is 16.6. The Hall–Kier alpha value is -2.11. The topological polar surface area (TPSA) is 78.9 Å². The smallest absolute Gasteiger partial charge is 0.306 e. The average Bonchev–Trinajstić information content (AvgIpc) is 3.23. The van der Waals surface area contributed by atoms with Crippen LogP contribution in [0.2, 0.25) is 0 Å². The van der Waals surface area contributed by atoms with Crippen LogP contribution in [0.4, 0.5) is 0 Å². The number of carbonyl (C=O) groups excluding carboxylic acids is 3. The highest BCUT2D eigenvalue weighted by Crippen LogP contribution is 2.16. The van der Waals surface area contributed by atoms with Crippen molar-refractivity contribution in [3.05, 3.63) is 24.3 Å². The minimum absolute atomic E-state index is 0.0678. The lowest BCUT2D eigenvalue weighted by atomic mass is 10.0. The van der Waals surface area contributed by atoms with Crippen LogP contribution in [0.1, 0.15) is 278 Å². The van der Waals surface area contributed by atoms with Crippen LogP contribution >= 0.6 is 0 Å². The molecule has 6 nitrogen and oxygen atoms in total. The molecular weight excluding hydrogens is 733 g/mol. The van der Waals surface area contributed by atoms with E-state index in [9.17, 15) is 14.4 Å². The van der Waals surface area contributed by atoms with E-state index in [1.54, 1.807) is 0 Å². The maximum Gasteiger partial charge on any atom is 0.306 e. The SMILES string of the molecule is CCCCCCC/C=C\C/C=C\CCCCCCCCCCCCCCCCCCCC(=O)OCC(COC(=O)CCCCCCC)OC(=O)CCCCCCCCC. The summed E-state index contributed by atoms with van der Waals surface area (Å²) in [6, 6.07) is 0. The third-order valence-electron chi connectivity index (χ3n) is 11.5. The summed E-state index contributed by atoms with van der Waals surface area (Å²) >= 11 is 0. The quantitative estimate of drug-likeness (QED) is 0.0263. The minimum Gasteiger partial charge on any atom is -0.462 e. The van der Waals surface area contributed by atoms with Gasteiger partial charge in [0.25, 0.3) is 0 Å². The van der Waals surface area contributed by atoms with Crippen LogP contribution in [-0.4, -0.2) is 37.2 Å². The highest BCUT2D eigenvalue weighted by molar-refractivity contribution is 5.71. The Morgan fingerprint density at radius 3 is 0.932 bits per heavy atom. The second-order valence-electron chi connectivity index (χ2n) is 17.4. The molecule has 0 aromatic carbocycles. The summed E-state index contributed by atoms with van der Waals surface area (Å²) < 4.78 is 16.6. The summed E-state index contributed by atoms with van der Waals surface area (Å²) in [6.07, 6.45) is 55.3. The molecule has 0 radical (unpaired) electrons. The normalized spacial score (nSPS) is 12.1. The summed E-state index contributed by atoms with van der Waals surface area (Å²) in [6.45, 7) is 6.51. The van der Waals surface area contributed by atoms with Gasteiger partial charge >= 0.3 is 17.9 Å². The Labute approximate surface area is 366 Å². The molecule has 0 N–H and O–H groups in total. The summed E-state index contributed by atoms with van der Waals surface area (Å²) in [5, 5.41) is 0. The maximum absolute atomic E-state index is 12.6. The zero-order valence-electron chi connectivity index (χ0n) is 39.5. The summed E-state index contributed by atoms with van der Waals surface area (Å²) in [4.78, 5) is 37.3. The molecule has 0 spiro atoms. The van der Waals surface area contributed by atoms with Crippen molar-refractivity contribution in [2.24, 2.45) is 0 Å². The molecule has 0 aromatic heterocycles. The molecule has 6 heteroatoms. The minimum atomic E-state index is -0.759. The van der Waals surface area contributed by atoms with Crippen LogP contribution in [0.5, 0.6) is 0 Å². The lowest BCUT2D eigenvalue weighted by molar-refractivity contribution is -0.167. The first-order chi connectivity index (χ1) is 29.0. The lowest BCUT2D eigenvalue weighted by Crippen LogP contribution is -2.30. The Bertz CT molecular complexity index is 958. The van der Waals surface area contributed by atoms with E-state index in [0.717, 1.165) is 70.6 Å². The third-order valence-corrected chi connectivity index (χ3v) is 11.5. The lowest BCUT2D eigenvalue weighted by Gasteiger charge is -2.18. The zero-order valence-corrected chi connectivity index (χ0v) is 39.5. The average molecular weight is 831 g/mol. The maximum atomic E-state index is 12.6. The van der Waals surface area contributed by atoms with E-state index in [-0.39, 0.29) is 31.1 Å². The van der Waals surface area contributed by atoms with Gasteiger partial charge in [-0.1, -0.05) is 231 Å². The van der Waals surface area contributed by atoms with Gasteiger partial charge in [-0.25, -0.2) is 0 Å². The molecule has 0 heterocycles. The molecule has 0 fully saturated rings. The van der Waals surface area contributed by atoms with Crippen LogP contribution in [0.15, 0.2) is 24.3 Å². The monoisotopic (exact) mass is 831 g/mol. The van der Waals surface area contributed by atoms with Gasteiger partial charge in [-0.3, -0.25) is 14.4 Å². The van der Waals surface area contributed by atoms with E-state index in [1.807, 2.05) is 0 Å². The second kappa shape index (κ2) is 48.6. The number of ether oxygens (including phenoxy) is 3. The van der Waals surface area contributed by atoms with Crippen LogP contribution in [0.25, 0.3) is 0 Å². The van der Waals surface area contributed by atoms with E-state index in [4.69, 9.17) is 14.2 Å². The Kier molecular flexibility index (Phi) is 46.8. The van der Waals surface area contributed by atoms with Crippen molar-refractivity contribution in [2.45, 2.75) is 284 Å². The second-order valence-corrected chi connectivity index (χ2v) is 17.4. The van der Waals surface area contributed by atoms with E-state index in [2.05, 4.69) is 45.1 Å². The van der Waals surface area contributed by atoms with E-state index in [1.165, 1.54) is 167 Å². The van der Waals surface area contributed by atoms with Crippen molar-refractivity contribution in [1.82, 2.24) is 0 Å². The molecule has 0 rings (SSSR count). The van der Waals surface area contributed by atoms with Gasteiger partial charge in [0, 0.05) is 19.3 Å². The predicted octanol–water partition coefficient (Wildman–Crippen LogP) is 16.8. The van der Waals surface area contributed by atoms with Crippen molar-refractivity contribution in [3.63, 3.8) is 0 Å². The van der Waals surface area contributed by atoms with Crippen molar-refractivity contribution < 1.29 is 28.6 Å². The van der Waals surface area contributed by atoms with E-state index < -0.39 is 6.10 Å². The highest BCUT2D eigenvalue weighted by Gasteiger charge is 2.19. The standard InChI is InChI=1S/C53H98O6/c1-4-7-10-13-15-16-17-18-19-20-21-22-23-24-25-26-27-28-29-30-31-32-33-34-35-36-38-40-43-46-52(55)58-49-50(48-57-51(54)45-42-39-12-9-6-3)59-53(56)47-44-41-37-14-11-8-5-2/h17-18,20-21,50H,4-16,19,22-49H2,1-3H3/b18-17-,21-20-. The first-order valence-corrected chi connectivity index (χ1v) is 25.8. The first kappa shape index (κ1) is 56.9. The molecule has 0 bridgehead atoms. The van der Waals surface area contributed by atoms with Gasteiger partial charge in [-0.2, -0.15) is 0 Å². The fourth-order valence-corrected chi connectivity index (χ4v) is 7.53. The zero-order chi connectivity index (χ0) is 43.0. The van der Waals surface area contributed by atoms with Gasteiger partial charge in [0.1, 0.15) is 13.2 Å². The van der Waals surface area contributed by atoms with Gasteiger partial charge in [-0.15, -0.1) is 0 Å². The van der Waals surface area contributed by atoms with Gasteiger partial charge in [0.05, 0.1) is 0 Å². The number of esters is 3. The molecule has 0 saturated carbocycles. The molecule has 1 unspecified atom stereocenters. The molecular formula is C53H98O6. The molecule has 1 atom stereocenters. The summed E-state index contributed by atoms with van der Waals surface area (Å²) in [5.74, 6) is -0.881. The van der Waals surface area contributed by atoms with E-state index in [0.29, 0.717) is 19.3 Å². The summed E-state index contributed by atoms with van der Waals surface area (Å²) in [7, 11) is 0. The molecule has 0 aliphatic heterocycles. The van der Waals surface area contributed by atoms with Crippen molar-refractivity contribution in [1.29, 1.82) is 0 Å². The number of hydrogen-bond acceptors (Lipinski definition) is 6. The van der Waals surface area contributed by atoms with E-state index >= 15 is 0 Å². The number of carbonyl (C=O) groups is 3. The molecule has 0 aliphatic rings. The first-order valence-electron chi connectivity index (χ1n) is 25.8. The fraction of sp³-hybridized carbons (Fsp3) is 0.868. The van der Waals surface area contributed by atoms with Crippen LogP contribution in [0.3, 0.4) is 0 Å². The number of rotatable bonds is 47. The molecule has 0 amide bonds. The molecule has 346 valence electrons. The van der Waals surface area contributed by atoms with Crippen molar-refractivity contribution in [2.75, 3.05) is 13.2 Å². The molecule has 0 aliphatic carbocycles.